The summed E-state index contributed by atoms with van der Waals surface area (Å²) in [6.45, 7) is 2.40. The Bertz CT molecular complexity index is 607. The molecule has 2 rings (SSSR count). The third-order valence-electron chi connectivity index (χ3n) is 3.40. The van der Waals surface area contributed by atoms with Crippen LogP contribution in [0.25, 0.3) is 0 Å². The van der Waals surface area contributed by atoms with Crippen molar-refractivity contribution in [2.75, 3.05) is 6.61 Å². The summed E-state index contributed by atoms with van der Waals surface area (Å²) in [5, 5.41) is 9.72. The molecule has 0 spiro atoms. The largest absolute Gasteiger partial charge is 0.492 e. The van der Waals surface area contributed by atoms with Gasteiger partial charge in [-0.1, -0.05) is 35.3 Å². The topological polar surface area (TPSA) is 45.9 Å². The minimum absolute atomic E-state index is 0.324. The second-order valence-electron chi connectivity index (χ2n) is 4.93. The van der Waals surface area contributed by atoms with E-state index in [2.05, 4.69) is 33.9 Å². The molecule has 1 atom stereocenters. The van der Waals surface area contributed by atoms with E-state index in [1.165, 1.54) is 0 Å². The molecule has 0 N–H and O–H groups in total. The first kappa shape index (κ1) is 15.5. The number of pyridine rings is 1. The third kappa shape index (κ3) is 3.83. The van der Waals surface area contributed by atoms with Gasteiger partial charge in [0.25, 0.3) is 0 Å². The molecule has 0 saturated heterocycles. The van der Waals surface area contributed by atoms with Gasteiger partial charge in [-0.2, -0.15) is 5.26 Å². The van der Waals surface area contributed by atoms with Crippen molar-refractivity contribution < 1.29 is 4.74 Å². The van der Waals surface area contributed by atoms with Gasteiger partial charge in [0.2, 0.25) is 0 Å². The van der Waals surface area contributed by atoms with E-state index in [0.29, 0.717) is 6.61 Å². The summed E-state index contributed by atoms with van der Waals surface area (Å²) in [6, 6.07) is 13.9. The van der Waals surface area contributed by atoms with E-state index in [-0.39, 0.29) is 0 Å². The number of nitriles is 1. The fraction of sp³-hybridized carbons (Fsp3) is 0.294. The molecule has 2 aromatic rings. The number of halogens is 1. The Morgan fingerprint density at radius 3 is 2.62 bits per heavy atom. The molecule has 0 aliphatic heterocycles. The Kier molecular flexibility index (Phi) is 5.35. The van der Waals surface area contributed by atoms with Crippen LogP contribution in [0.2, 0.25) is 0 Å². The van der Waals surface area contributed by atoms with Gasteiger partial charge in [0.15, 0.2) is 0 Å². The summed E-state index contributed by atoms with van der Waals surface area (Å²) >= 11 is 3.40. The van der Waals surface area contributed by atoms with Crippen LogP contribution in [-0.4, -0.2) is 11.6 Å². The van der Waals surface area contributed by atoms with Crippen LogP contribution < -0.4 is 4.74 Å². The second kappa shape index (κ2) is 7.24. The maximum Gasteiger partial charge on any atom is 0.119 e. The highest BCUT2D eigenvalue weighted by Gasteiger charge is 2.33. The van der Waals surface area contributed by atoms with Gasteiger partial charge in [0.1, 0.15) is 17.8 Å². The van der Waals surface area contributed by atoms with Gasteiger partial charge < -0.3 is 4.74 Å². The highest BCUT2D eigenvalue weighted by Crippen LogP contribution is 2.30. The van der Waals surface area contributed by atoms with Gasteiger partial charge in [-0.3, -0.25) is 4.98 Å². The fourth-order valence-electron chi connectivity index (χ4n) is 2.26. The van der Waals surface area contributed by atoms with Gasteiger partial charge in [0, 0.05) is 16.9 Å². The minimum Gasteiger partial charge on any atom is -0.492 e. The number of nitrogens with zero attached hydrogens (tertiary/aromatic N) is 2. The Morgan fingerprint density at radius 2 is 2.05 bits per heavy atom. The highest BCUT2D eigenvalue weighted by atomic mass is 79.9. The molecule has 0 bridgehead atoms. The Hall–Kier alpha value is -1.86. The lowest BCUT2D eigenvalue weighted by molar-refractivity contribution is 0.241. The van der Waals surface area contributed by atoms with Crippen molar-refractivity contribution in [2.45, 2.75) is 25.2 Å². The van der Waals surface area contributed by atoms with E-state index in [0.717, 1.165) is 28.6 Å². The van der Waals surface area contributed by atoms with Crippen molar-refractivity contribution in [1.29, 1.82) is 5.26 Å². The molecule has 1 unspecified atom stereocenters. The molecule has 1 aromatic heterocycles. The Labute approximate surface area is 133 Å². The van der Waals surface area contributed by atoms with Crippen LogP contribution in [0.3, 0.4) is 0 Å². The number of benzene rings is 1. The molecular formula is C17H17BrN2O. The normalized spacial score (nSPS) is 13.2. The lowest BCUT2D eigenvalue weighted by Crippen LogP contribution is -2.32. The molecular weight excluding hydrogens is 328 g/mol. The molecule has 0 saturated carbocycles. The second-order valence-corrected chi connectivity index (χ2v) is 5.84. The first-order valence-electron chi connectivity index (χ1n) is 6.90. The predicted molar refractivity (Wildman–Crippen MR) is 86.1 cm³/mol. The fourth-order valence-corrected chi connectivity index (χ4v) is 2.53. The van der Waals surface area contributed by atoms with Gasteiger partial charge in [0.05, 0.1) is 6.07 Å². The van der Waals surface area contributed by atoms with E-state index < -0.39 is 5.41 Å². The summed E-state index contributed by atoms with van der Waals surface area (Å²) in [7, 11) is 0. The molecule has 1 heterocycles. The third-order valence-corrected chi connectivity index (χ3v) is 3.93. The van der Waals surface area contributed by atoms with Crippen molar-refractivity contribution >= 4 is 15.9 Å². The zero-order valence-corrected chi connectivity index (χ0v) is 13.5. The van der Waals surface area contributed by atoms with E-state index in [1.807, 2.05) is 36.4 Å². The minimum atomic E-state index is -0.657. The average Bonchev–Trinajstić information content (AvgIpc) is 2.54. The van der Waals surface area contributed by atoms with Gasteiger partial charge in [-0.15, -0.1) is 0 Å². The molecule has 0 aliphatic rings. The maximum atomic E-state index is 9.72. The lowest BCUT2D eigenvalue weighted by atomic mass is 9.79. The molecule has 3 nitrogen and oxygen atoms in total. The maximum absolute atomic E-state index is 9.72. The summed E-state index contributed by atoms with van der Waals surface area (Å²) in [4.78, 5) is 4.13. The lowest BCUT2D eigenvalue weighted by Gasteiger charge is -2.26. The monoisotopic (exact) mass is 344 g/mol. The summed E-state index contributed by atoms with van der Waals surface area (Å²) in [5.41, 5.74) is 0.252. The van der Waals surface area contributed by atoms with Gasteiger partial charge >= 0.3 is 0 Å². The highest BCUT2D eigenvalue weighted by molar-refractivity contribution is 9.10. The zero-order chi connectivity index (χ0) is 15.1. The predicted octanol–water partition coefficient (Wildman–Crippen LogP) is 4.48. The van der Waals surface area contributed by atoms with E-state index >= 15 is 0 Å². The van der Waals surface area contributed by atoms with Crippen LogP contribution in [-0.2, 0) is 5.41 Å². The van der Waals surface area contributed by atoms with Crippen LogP contribution in [0, 0.1) is 11.3 Å². The number of aromatic nitrogens is 1. The molecule has 0 fully saturated rings. The van der Waals surface area contributed by atoms with Crippen LogP contribution in [0.1, 0.15) is 25.3 Å². The van der Waals surface area contributed by atoms with Crippen molar-refractivity contribution in [3.8, 4) is 11.8 Å². The van der Waals surface area contributed by atoms with Crippen LogP contribution >= 0.6 is 15.9 Å². The Morgan fingerprint density at radius 1 is 1.29 bits per heavy atom. The Balaban J connectivity index is 2.21. The molecule has 0 amide bonds. The standard InChI is InChI=1S/C17H17BrN2O/c1-2-9-17(12-19,14-4-3-10-20-11-14)13-21-16-7-5-15(18)6-8-16/h3-8,10-11H,2,9,13H2,1H3. The van der Waals surface area contributed by atoms with E-state index in [1.54, 1.807) is 12.4 Å². The number of ether oxygens (including phenoxy) is 1. The first-order chi connectivity index (χ1) is 10.2. The van der Waals surface area contributed by atoms with Crippen LogP contribution in [0.4, 0.5) is 0 Å². The number of hydrogen-bond donors (Lipinski definition) is 0. The smallest absolute Gasteiger partial charge is 0.119 e. The van der Waals surface area contributed by atoms with Crippen molar-refractivity contribution in [3.05, 3.63) is 58.8 Å². The zero-order valence-electron chi connectivity index (χ0n) is 11.9. The van der Waals surface area contributed by atoms with Gasteiger partial charge in [-0.05, 0) is 42.3 Å². The quantitative estimate of drug-likeness (QED) is 0.775. The molecule has 4 heteroatoms. The SMILES string of the molecule is CCCC(C#N)(COc1ccc(Br)cc1)c1cccnc1. The summed E-state index contributed by atoms with van der Waals surface area (Å²) in [6.07, 6.45) is 5.12. The molecule has 108 valence electrons. The van der Waals surface area contributed by atoms with E-state index in [4.69, 9.17) is 4.74 Å². The van der Waals surface area contributed by atoms with Crippen molar-refractivity contribution in [1.82, 2.24) is 4.98 Å². The van der Waals surface area contributed by atoms with E-state index in [9.17, 15) is 5.26 Å². The number of rotatable bonds is 6. The summed E-state index contributed by atoms with van der Waals surface area (Å²) < 4.78 is 6.86. The molecule has 0 aliphatic carbocycles. The number of hydrogen-bond acceptors (Lipinski definition) is 3. The van der Waals surface area contributed by atoms with Crippen LogP contribution in [0.15, 0.2) is 53.3 Å². The molecule has 21 heavy (non-hydrogen) atoms. The summed E-state index contributed by atoms with van der Waals surface area (Å²) in [5.74, 6) is 0.762. The molecule has 1 aromatic carbocycles. The van der Waals surface area contributed by atoms with Crippen LogP contribution in [0.5, 0.6) is 5.75 Å². The average molecular weight is 345 g/mol. The van der Waals surface area contributed by atoms with Crippen molar-refractivity contribution in [2.24, 2.45) is 0 Å². The van der Waals surface area contributed by atoms with Gasteiger partial charge in [-0.25, -0.2) is 0 Å². The first-order valence-corrected chi connectivity index (χ1v) is 7.69. The van der Waals surface area contributed by atoms with Crippen molar-refractivity contribution in [3.63, 3.8) is 0 Å². The molecule has 0 radical (unpaired) electrons.